The number of hydrogen-bond acceptors (Lipinski definition) is 5. The molecular formula is C21H18F5N5O. The Hall–Kier alpha value is -3.26. The van der Waals surface area contributed by atoms with E-state index in [1.54, 1.807) is 4.90 Å². The minimum atomic E-state index is -4.68. The highest BCUT2D eigenvalue weighted by Gasteiger charge is 2.38. The second-order valence-electron chi connectivity index (χ2n) is 7.56. The predicted octanol–water partition coefficient (Wildman–Crippen LogP) is 4.63. The number of halogens is 5. The van der Waals surface area contributed by atoms with Crippen molar-refractivity contribution in [1.82, 2.24) is 19.9 Å². The molecule has 1 N–H and O–H groups in total. The second kappa shape index (κ2) is 8.35. The Morgan fingerprint density at radius 1 is 1.25 bits per heavy atom. The van der Waals surface area contributed by atoms with Gasteiger partial charge in [-0.15, -0.1) is 0 Å². The van der Waals surface area contributed by atoms with Crippen molar-refractivity contribution in [2.45, 2.75) is 24.9 Å². The average molecular weight is 451 g/mol. The number of H-pyrrole nitrogens is 1. The van der Waals surface area contributed by atoms with E-state index in [-0.39, 0.29) is 48.8 Å². The number of nitriles is 1. The molecule has 4 rings (SSSR count). The maximum absolute atomic E-state index is 13.7. The first-order valence-electron chi connectivity index (χ1n) is 9.85. The molecule has 1 saturated heterocycles. The van der Waals surface area contributed by atoms with Crippen LogP contribution in [0.3, 0.4) is 0 Å². The Bertz CT molecular complexity index is 1170. The maximum atomic E-state index is 13.7. The van der Waals surface area contributed by atoms with Gasteiger partial charge < -0.3 is 9.72 Å². The molecule has 1 aromatic carbocycles. The van der Waals surface area contributed by atoms with Gasteiger partial charge in [0.05, 0.1) is 36.3 Å². The SMILES string of the molecule is N#Cc1nc(-c2ccc(OCCCN3CCC(F)(F)C3)c(C(F)(F)F)c2)cc2[nH]cnc12. The van der Waals surface area contributed by atoms with E-state index in [1.165, 1.54) is 24.5 Å². The lowest BCUT2D eigenvalue weighted by Crippen LogP contribution is -2.27. The lowest BCUT2D eigenvalue weighted by atomic mass is 10.1. The van der Waals surface area contributed by atoms with Crippen LogP contribution in [0.1, 0.15) is 24.1 Å². The van der Waals surface area contributed by atoms with Gasteiger partial charge in [0.25, 0.3) is 5.92 Å². The monoisotopic (exact) mass is 451 g/mol. The molecule has 0 bridgehead atoms. The Morgan fingerprint density at radius 3 is 2.75 bits per heavy atom. The summed E-state index contributed by atoms with van der Waals surface area (Å²) in [6.07, 6.45) is -3.20. The number of aromatic nitrogens is 3. The minimum Gasteiger partial charge on any atom is -0.493 e. The molecule has 3 heterocycles. The molecule has 1 aliphatic heterocycles. The third-order valence-electron chi connectivity index (χ3n) is 5.22. The molecule has 0 amide bonds. The number of ether oxygens (including phenoxy) is 1. The molecule has 6 nitrogen and oxygen atoms in total. The van der Waals surface area contributed by atoms with E-state index < -0.39 is 17.7 Å². The van der Waals surface area contributed by atoms with Gasteiger partial charge in [0.15, 0.2) is 5.69 Å². The zero-order valence-electron chi connectivity index (χ0n) is 16.7. The number of alkyl halides is 5. The summed E-state index contributed by atoms with van der Waals surface area (Å²) in [4.78, 5) is 12.5. The van der Waals surface area contributed by atoms with Crippen LogP contribution in [0.25, 0.3) is 22.3 Å². The molecule has 0 atom stereocenters. The summed E-state index contributed by atoms with van der Waals surface area (Å²) in [5, 5.41) is 9.27. The highest BCUT2D eigenvalue weighted by molar-refractivity contribution is 5.83. The number of imidazole rings is 1. The quantitative estimate of drug-likeness (QED) is 0.437. The number of rotatable bonds is 6. The number of nitrogens with one attached hydrogen (secondary N) is 1. The summed E-state index contributed by atoms with van der Waals surface area (Å²) >= 11 is 0. The molecule has 11 heteroatoms. The fraction of sp³-hybridized carbons (Fsp3) is 0.381. The van der Waals surface area contributed by atoms with Crippen molar-refractivity contribution in [1.29, 1.82) is 5.26 Å². The van der Waals surface area contributed by atoms with Gasteiger partial charge in [-0.25, -0.2) is 18.7 Å². The lowest BCUT2D eigenvalue weighted by molar-refractivity contribution is -0.138. The van der Waals surface area contributed by atoms with Crippen LogP contribution in [-0.2, 0) is 6.18 Å². The van der Waals surface area contributed by atoms with Crippen LogP contribution in [0.4, 0.5) is 22.0 Å². The molecule has 1 aliphatic rings. The normalized spacial score (nSPS) is 16.4. The van der Waals surface area contributed by atoms with E-state index in [1.807, 2.05) is 6.07 Å². The highest BCUT2D eigenvalue weighted by Crippen LogP contribution is 2.39. The van der Waals surface area contributed by atoms with Gasteiger partial charge in [0.2, 0.25) is 0 Å². The van der Waals surface area contributed by atoms with Gasteiger partial charge in [-0.2, -0.15) is 18.4 Å². The van der Waals surface area contributed by atoms with E-state index in [0.29, 0.717) is 24.0 Å². The molecule has 0 aliphatic carbocycles. The first-order chi connectivity index (χ1) is 15.2. The third kappa shape index (κ3) is 4.65. The van der Waals surface area contributed by atoms with Crippen molar-refractivity contribution in [3.8, 4) is 23.1 Å². The summed E-state index contributed by atoms with van der Waals surface area (Å²) in [6, 6.07) is 6.96. The van der Waals surface area contributed by atoms with Crippen LogP contribution in [0.5, 0.6) is 5.75 Å². The Labute approximate surface area is 179 Å². The van der Waals surface area contributed by atoms with Crippen LogP contribution in [-0.4, -0.2) is 52.0 Å². The molecular weight excluding hydrogens is 433 g/mol. The summed E-state index contributed by atoms with van der Waals surface area (Å²) in [5.74, 6) is -3.06. The maximum Gasteiger partial charge on any atom is 0.419 e. The van der Waals surface area contributed by atoms with Crippen molar-refractivity contribution in [2.75, 3.05) is 26.2 Å². The first kappa shape index (κ1) is 22.0. The first-order valence-corrected chi connectivity index (χ1v) is 9.85. The summed E-state index contributed by atoms with van der Waals surface area (Å²) in [5.41, 5.74) is 0.186. The van der Waals surface area contributed by atoms with E-state index in [4.69, 9.17) is 4.74 Å². The number of benzene rings is 1. The van der Waals surface area contributed by atoms with Gasteiger partial charge >= 0.3 is 6.18 Å². The van der Waals surface area contributed by atoms with Gasteiger partial charge in [-0.1, -0.05) is 0 Å². The van der Waals surface area contributed by atoms with Crippen molar-refractivity contribution in [3.63, 3.8) is 0 Å². The van der Waals surface area contributed by atoms with Gasteiger partial charge in [-0.3, -0.25) is 4.90 Å². The highest BCUT2D eigenvalue weighted by atomic mass is 19.4. The molecule has 2 aromatic heterocycles. The topological polar surface area (TPSA) is 77.8 Å². The number of aromatic amines is 1. The smallest absolute Gasteiger partial charge is 0.419 e. The van der Waals surface area contributed by atoms with Crippen molar-refractivity contribution in [3.05, 3.63) is 41.9 Å². The van der Waals surface area contributed by atoms with Crippen LogP contribution in [0, 0.1) is 11.3 Å². The number of nitrogens with zero attached hydrogens (tertiary/aromatic N) is 4. The third-order valence-corrected chi connectivity index (χ3v) is 5.22. The number of fused-ring (bicyclic) bond motifs is 1. The molecule has 3 aromatic rings. The fourth-order valence-corrected chi connectivity index (χ4v) is 3.68. The van der Waals surface area contributed by atoms with Crippen LogP contribution >= 0.6 is 0 Å². The van der Waals surface area contributed by atoms with E-state index >= 15 is 0 Å². The summed E-state index contributed by atoms with van der Waals surface area (Å²) in [7, 11) is 0. The lowest BCUT2D eigenvalue weighted by Gasteiger charge is -2.17. The molecule has 1 fully saturated rings. The molecule has 168 valence electrons. The number of likely N-dealkylation sites (tertiary alicyclic amines) is 1. The number of pyridine rings is 1. The molecule has 0 radical (unpaired) electrons. The average Bonchev–Trinajstić information content (AvgIpc) is 3.35. The van der Waals surface area contributed by atoms with Crippen LogP contribution in [0.15, 0.2) is 30.6 Å². The van der Waals surface area contributed by atoms with Crippen LogP contribution in [0.2, 0.25) is 0 Å². The Balaban J connectivity index is 1.52. The van der Waals surface area contributed by atoms with Crippen LogP contribution < -0.4 is 4.74 Å². The minimum absolute atomic E-state index is 0.000116. The predicted molar refractivity (Wildman–Crippen MR) is 105 cm³/mol. The second-order valence-corrected chi connectivity index (χ2v) is 7.56. The molecule has 0 saturated carbocycles. The van der Waals surface area contributed by atoms with Crippen molar-refractivity contribution in [2.24, 2.45) is 0 Å². The molecule has 32 heavy (non-hydrogen) atoms. The van der Waals surface area contributed by atoms with E-state index in [0.717, 1.165) is 6.07 Å². The summed E-state index contributed by atoms with van der Waals surface area (Å²) in [6.45, 7) is 0.198. The van der Waals surface area contributed by atoms with E-state index in [2.05, 4.69) is 15.0 Å². The molecule has 0 spiro atoms. The standard InChI is InChI=1S/C21H18F5N5O/c22-20(23)4-6-31(11-20)5-1-7-32-18-3-2-13(8-14(18)21(24,25)26)15-9-16-19(29-12-28-16)17(10-27)30-15/h2-3,8-9,12H,1,4-7,11H2,(H,28,29). The van der Waals surface area contributed by atoms with Crippen molar-refractivity contribution >= 4 is 11.0 Å². The number of hydrogen-bond donors (Lipinski definition) is 1. The fourth-order valence-electron chi connectivity index (χ4n) is 3.68. The largest absolute Gasteiger partial charge is 0.493 e. The summed E-state index contributed by atoms with van der Waals surface area (Å²) < 4.78 is 72.8. The Kier molecular flexibility index (Phi) is 5.73. The van der Waals surface area contributed by atoms with E-state index in [9.17, 15) is 27.2 Å². The van der Waals surface area contributed by atoms with Gasteiger partial charge in [-0.05, 0) is 30.7 Å². The van der Waals surface area contributed by atoms with Crippen molar-refractivity contribution < 1.29 is 26.7 Å². The molecule has 0 unspecified atom stereocenters. The zero-order chi connectivity index (χ0) is 22.9. The zero-order valence-corrected chi connectivity index (χ0v) is 16.7. The van der Waals surface area contributed by atoms with Gasteiger partial charge in [0.1, 0.15) is 17.3 Å². The Morgan fingerprint density at radius 2 is 2.06 bits per heavy atom. The van der Waals surface area contributed by atoms with Gasteiger partial charge in [0, 0.05) is 25.1 Å².